The van der Waals surface area contributed by atoms with E-state index < -0.39 is 0 Å². The number of nitrogens with one attached hydrogen (secondary N) is 1. The van der Waals surface area contributed by atoms with E-state index in [1.165, 1.54) is 49.0 Å². The van der Waals surface area contributed by atoms with Crippen LogP contribution in [0.15, 0.2) is 84.9 Å². The van der Waals surface area contributed by atoms with Crippen molar-refractivity contribution in [2.75, 3.05) is 0 Å². The maximum Gasteiger partial charge on any atom is 0.123 e. The fourth-order valence-corrected chi connectivity index (χ4v) is 4.49. The number of H-pyrrole nitrogens is 1. The van der Waals surface area contributed by atoms with Gasteiger partial charge in [0.2, 0.25) is 0 Å². The molecule has 1 N–H and O–H groups in total. The van der Waals surface area contributed by atoms with Gasteiger partial charge in [0.25, 0.3) is 0 Å². The summed E-state index contributed by atoms with van der Waals surface area (Å²) in [6, 6.07) is 30.4. The highest BCUT2D eigenvalue weighted by atomic mass is 15.1. The van der Waals surface area contributed by atoms with Crippen LogP contribution in [0.1, 0.15) is 5.69 Å². The molecule has 0 spiro atoms. The Bertz CT molecular complexity index is 1480. The van der Waals surface area contributed by atoms with Crippen LogP contribution in [0.5, 0.6) is 0 Å². The van der Waals surface area contributed by atoms with Crippen molar-refractivity contribution in [1.29, 1.82) is 0 Å². The Morgan fingerprint density at radius 2 is 1.26 bits per heavy atom. The lowest BCUT2D eigenvalue weighted by Crippen LogP contribution is -1.94. The molecule has 0 saturated heterocycles. The van der Waals surface area contributed by atoms with Gasteiger partial charge in [0.05, 0.1) is 11.0 Å². The van der Waals surface area contributed by atoms with Crippen molar-refractivity contribution in [3.05, 3.63) is 90.6 Å². The molecule has 0 fully saturated rings. The molecular formula is C25H18N2. The highest BCUT2D eigenvalue weighted by Crippen LogP contribution is 2.38. The molecule has 0 radical (unpaired) electrons. The maximum atomic E-state index is 3.65. The molecule has 2 nitrogen and oxygen atoms in total. The Balaban J connectivity index is 1.88. The summed E-state index contributed by atoms with van der Waals surface area (Å²) in [5, 5.41) is 7.73. The molecule has 27 heavy (non-hydrogen) atoms. The number of fused-ring (bicyclic) bond motifs is 6. The van der Waals surface area contributed by atoms with Gasteiger partial charge < -0.3 is 4.98 Å². The van der Waals surface area contributed by atoms with E-state index in [-0.39, 0.29) is 0 Å². The summed E-state index contributed by atoms with van der Waals surface area (Å²) in [5.41, 5.74) is 3.67. The number of aromatic amines is 1. The third kappa shape index (κ3) is 1.90. The number of hydrogen-bond donors (Lipinski definition) is 1. The van der Waals surface area contributed by atoms with Crippen molar-refractivity contribution in [1.82, 2.24) is 9.55 Å². The van der Waals surface area contributed by atoms with Crippen LogP contribution in [-0.4, -0.2) is 9.55 Å². The van der Waals surface area contributed by atoms with E-state index in [1.54, 1.807) is 0 Å². The monoisotopic (exact) mass is 346 g/mol. The van der Waals surface area contributed by atoms with Crippen LogP contribution in [0.2, 0.25) is 0 Å². The number of para-hydroxylation sites is 1. The predicted molar refractivity (Wildman–Crippen MR) is 115 cm³/mol. The van der Waals surface area contributed by atoms with Crippen LogP contribution in [0.3, 0.4) is 0 Å². The lowest BCUT2D eigenvalue weighted by atomic mass is 10.0. The SMILES string of the molecule is Cc1[nH]c(-n2c3ccccc3c3c4ccccc4ccc32)c2ccccc12. The zero-order valence-electron chi connectivity index (χ0n) is 15.0. The highest BCUT2D eigenvalue weighted by molar-refractivity contribution is 6.21. The number of aromatic nitrogens is 2. The van der Waals surface area contributed by atoms with Gasteiger partial charge in [-0.3, -0.25) is 4.57 Å². The zero-order chi connectivity index (χ0) is 18.0. The van der Waals surface area contributed by atoms with Crippen LogP contribution in [0, 0.1) is 6.92 Å². The van der Waals surface area contributed by atoms with E-state index in [9.17, 15) is 0 Å². The third-order valence-electron chi connectivity index (χ3n) is 5.68. The van der Waals surface area contributed by atoms with Gasteiger partial charge in [-0.25, -0.2) is 0 Å². The summed E-state index contributed by atoms with van der Waals surface area (Å²) in [4.78, 5) is 3.65. The topological polar surface area (TPSA) is 20.7 Å². The average molecular weight is 346 g/mol. The fourth-order valence-electron chi connectivity index (χ4n) is 4.49. The van der Waals surface area contributed by atoms with Crippen molar-refractivity contribution in [3.8, 4) is 5.82 Å². The Hall–Kier alpha value is -3.52. The Labute approximate surface area is 156 Å². The molecule has 0 aliphatic rings. The van der Waals surface area contributed by atoms with Gasteiger partial charge in [0.15, 0.2) is 0 Å². The van der Waals surface area contributed by atoms with E-state index in [4.69, 9.17) is 0 Å². The van der Waals surface area contributed by atoms with Crippen molar-refractivity contribution >= 4 is 43.4 Å². The quantitative estimate of drug-likeness (QED) is 0.341. The van der Waals surface area contributed by atoms with Crippen LogP contribution in [-0.2, 0) is 0 Å². The molecule has 6 aromatic rings. The van der Waals surface area contributed by atoms with E-state index in [0.29, 0.717) is 0 Å². The van der Waals surface area contributed by atoms with Crippen LogP contribution >= 0.6 is 0 Å². The minimum Gasteiger partial charge on any atom is -0.344 e. The van der Waals surface area contributed by atoms with Gasteiger partial charge in [-0.2, -0.15) is 0 Å². The molecule has 0 saturated carbocycles. The molecule has 2 heterocycles. The van der Waals surface area contributed by atoms with Crippen LogP contribution in [0.4, 0.5) is 0 Å². The number of rotatable bonds is 1. The minimum atomic E-state index is 1.14. The first kappa shape index (κ1) is 14.6. The van der Waals surface area contributed by atoms with E-state index in [2.05, 4.69) is 101 Å². The van der Waals surface area contributed by atoms with Crippen molar-refractivity contribution < 1.29 is 0 Å². The first-order chi connectivity index (χ1) is 13.3. The predicted octanol–water partition coefficient (Wildman–Crippen LogP) is 6.73. The lowest BCUT2D eigenvalue weighted by molar-refractivity contribution is 1.10. The van der Waals surface area contributed by atoms with Crippen LogP contribution < -0.4 is 0 Å². The number of nitrogens with zero attached hydrogens (tertiary/aromatic N) is 1. The zero-order valence-corrected chi connectivity index (χ0v) is 15.0. The molecule has 0 aliphatic heterocycles. The summed E-state index contributed by atoms with van der Waals surface area (Å²) in [7, 11) is 0. The van der Waals surface area contributed by atoms with Gasteiger partial charge >= 0.3 is 0 Å². The second-order valence-electron chi connectivity index (χ2n) is 7.18. The number of aryl methyl sites for hydroxylation is 1. The molecule has 6 rings (SSSR count). The summed E-state index contributed by atoms with van der Waals surface area (Å²) in [6.07, 6.45) is 0. The second-order valence-corrected chi connectivity index (χ2v) is 7.18. The normalized spacial score (nSPS) is 11.9. The number of benzene rings is 4. The molecule has 2 aromatic heterocycles. The first-order valence-electron chi connectivity index (χ1n) is 9.31. The molecule has 2 heteroatoms. The Kier molecular flexibility index (Phi) is 2.84. The Morgan fingerprint density at radius 1 is 0.593 bits per heavy atom. The van der Waals surface area contributed by atoms with E-state index in [1.807, 2.05) is 0 Å². The molecular weight excluding hydrogens is 328 g/mol. The fraction of sp³-hybridized carbons (Fsp3) is 0.0400. The summed E-state index contributed by atoms with van der Waals surface area (Å²) in [6.45, 7) is 2.15. The highest BCUT2D eigenvalue weighted by Gasteiger charge is 2.17. The van der Waals surface area contributed by atoms with Crippen LogP contribution in [0.25, 0.3) is 49.2 Å². The van der Waals surface area contributed by atoms with Crippen molar-refractivity contribution in [2.45, 2.75) is 6.92 Å². The molecule has 0 amide bonds. The smallest absolute Gasteiger partial charge is 0.123 e. The van der Waals surface area contributed by atoms with Crippen molar-refractivity contribution in [3.63, 3.8) is 0 Å². The largest absolute Gasteiger partial charge is 0.344 e. The maximum absolute atomic E-state index is 3.65. The summed E-state index contributed by atoms with van der Waals surface area (Å²) in [5.74, 6) is 1.14. The Morgan fingerprint density at radius 3 is 2.11 bits per heavy atom. The molecule has 4 aromatic carbocycles. The van der Waals surface area contributed by atoms with Crippen molar-refractivity contribution in [2.24, 2.45) is 0 Å². The third-order valence-corrected chi connectivity index (χ3v) is 5.68. The van der Waals surface area contributed by atoms with Gasteiger partial charge in [0, 0.05) is 27.2 Å². The average Bonchev–Trinajstić information content (AvgIpc) is 3.23. The summed E-state index contributed by atoms with van der Waals surface area (Å²) < 4.78 is 2.38. The van der Waals surface area contributed by atoms with Gasteiger partial charge in [0.1, 0.15) is 5.82 Å². The molecule has 0 bridgehead atoms. The summed E-state index contributed by atoms with van der Waals surface area (Å²) >= 11 is 0. The molecule has 0 aliphatic carbocycles. The van der Waals surface area contributed by atoms with E-state index in [0.717, 1.165) is 5.82 Å². The number of hydrogen-bond acceptors (Lipinski definition) is 0. The molecule has 0 unspecified atom stereocenters. The standard InChI is InChI=1S/C25H18N2/c1-16-18-9-4-5-11-20(18)25(26-16)27-22-13-7-6-12-21(22)24-19-10-3-2-8-17(19)14-15-23(24)27/h2-15,26H,1H3. The van der Waals surface area contributed by atoms with Gasteiger partial charge in [-0.05, 0) is 29.8 Å². The minimum absolute atomic E-state index is 1.14. The second kappa shape index (κ2) is 5.24. The molecule has 0 atom stereocenters. The lowest BCUT2D eigenvalue weighted by Gasteiger charge is -2.07. The van der Waals surface area contributed by atoms with E-state index >= 15 is 0 Å². The first-order valence-corrected chi connectivity index (χ1v) is 9.31. The van der Waals surface area contributed by atoms with Gasteiger partial charge in [-0.1, -0.05) is 72.8 Å². The van der Waals surface area contributed by atoms with Gasteiger partial charge in [-0.15, -0.1) is 0 Å². The molecule has 128 valence electrons.